The summed E-state index contributed by atoms with van der Waals surface area (Å²) in [7, 11) is 1.61. The summed E-state index contributed by atoms with van der Waals surface area (Å²) in [6.45, 7) is 0.921. The van der Waals surface area contributed by atoms with Crippen LogP contribution in [-0.2, 0) is 23.9 Å². The van der Waals surface area contributed by atoms with Crippen LogP contribution >= 0.6 is 0 Å². The molecule has 2 aromatic carbocycles. The van der Waals surface area contributed by atoms with Crippen molar-refractivity contribution in [1.29, 1.82) is 0 Å². The lowest BCUT2D eigenvalue weighted by atomic mass is 9.81. The van der Waals surface area contributed by atoms with E-state index < -0.39 is 34.8 Å². The number of nitrogens with one attached hydrogen (secondary N) is 2. The van der Waals surface area contributed by atoms with Crippen LogP contribution in [0.4, 0.5) is 30.5 Å². The molecule has 0 atom stereocenters. The van der Waals surface area contributed by atoms with Crippen molar-refractivity contribution < 1.29 is 32.6 Å². The second kappa shape index (κ2) is 11.3. The van der Waals surface area contributed by atoms with Crippen LogP contribution in [0.2, 0.25) is 0 Å². The number of hydrogen-bond donors (Lipinski definition) is 3. The standard InChI is InChI=1S/C29H30F3N5O4/c1-41-21-7-5-6-18(14-21)16-33-20-8-9-23-19(15-20)10-13-37(23)27-34-17-22(24(35-27)29(30,31)32)25(38)36-28(26(39)40)11-3-2-4-12-28/h5-9,14-15,17,33H,2-4,10-13,16H2,1H3,(H,36,38)(H,39,40). The van der Waals surface area contributed by atoms with Crippen molar-refractivity contribution in [3.63, 3.8) is 0 Å². The number of amides is 1. The number of carbonyl (C=O) groups excluding carboxylic acids is 1. The van der Waals surface area contributed by atoms with Crippen molar-refractivity contribution in [2.45, 2.75) is 56.8 Å². The number of methoxy groups -OCH3 is 1. The summed E-state index contributed by atoms with van der Waals surface area (Å²) >= 11 is 0. The molecular weight excluding hydrogens is 539 g/mol. The first kappa shape index (κ1) is 28.2. The van der Waals surface area contributed by atoms with E-state index in [1.165, 1.54) is 0 Å². The molecule has 1 aliphatic heterocycles. The minimum absolute atomic E-state index is 0.148. The van der Waals surface area contributed by atoms with E-state index in [4.69, 9.17) is 4.74 Å². The largest absolute Gasteiger partial charge is 0.497 e. The fraction of sp³-hybridized carbons (Fsp3) is 0.379. The number of fused-ring (bicyclic) bond motifs is 1. The maximum atomic E-state index is 14.1. The Labute approximate surface area is 234 Å². The number of nitrogens with zero attached hydrogens (tertiary/aromatic N) is 3. The Morgan fingerprint density at radius 3 is 2.61 bits per heavy atom. The minimum atomic E-state index is -4.95. The van der Waals surface area contributed by atoms with Crippen LogP contribution in [0.15, 0.2) is 48.7 Å². The van der Waals surface area contributed by atoms with Gasteiger partial charge >= 0.3 is 12.1 Å². The quantitative estimate of drug-likeness (QED) is 0.334. The maximum Gasteiger partial charge on any atom is 0.434 e. The van der Waals surface area contributed by atoms with Gasteiger partial charge in [-0.1, -0.05) is 31.4 Å². The molecule has 0 radical (unpaired) electrons. The van der Waals surface area contributed by atoms with Gasteiger partial charge in [-0.05, 0) is 60.7 Å². The van der Waals surface area contributed by atoms with Crippen molar-refractivity contribution in [1.82, 2.24) is 15.3 Å². The van der Waals surface area contributed by atoms with E-state index in [0.29, 0.717) is 38.0 Å². The van der Waals surface area contributed by atoms with Crippen molar-refractivity contribution >= 4 is 29.2 Å². The lowest BCUT2D eigenvalue weighted by Gasteiger charge is -2.34. The highest BCUT2D eigenvalue weighted by Gasteiger charge is 2.44. The Morgan fingerprint density at radius 1 is 1.12 bits per heavy atom. The van der Waals surface area contributed by atoms with Gasteiger partial charge in [-0.2, -0.15) is 13.2 Å². The molecule has 1 fully saturated rings. The fourth-order valence-electron chi connectivity index (χ4n) is 5.42. The highest BCUT2D eigenvalue weighted by atomic mass is 19.4. The molecule has 5 rings (SSSR count). The first-order valence-electron chi connectivity index (χ1n) is 13.4. The molecule has 2 heterocycles. The Bertz CT molecular complexity index is 1460. The van der Waals surface area contributed by atoms with Gasteiger partial charge in [0.1, 0.15) is 11.3 Å². The van der Waals surface area contributed by atoms with Crippen LogP contribution < -0.4 is 20.3 Å². The molecule has 1 saturated carbocycles. The number of hydrogen-bond acceptors (Lipinski definition) is 7. The molecule has 1 amide bonds. The van der Waals surface area contributed by atoms with Crippen molar-refractivity contribution in [3.05, 3.63) is 71.0 Å². The predicted molar refractivity (Wildman–Crippen MR) is 145 cm³/mol. The van der Waals surface area contributed by atoms with Crippen LogP contribution in [0.5, 0.6) is 5.75 Å². The zero-order valence-electron chi connectivity index (χ0n) is 22.4. The monoisotopic (exact) mass is 569 g/mol. The van der Waals surface area contributed by atoms with Gasteiger partial charge in [0.2, 0.25) is 5.95 Å². The lowest BCUT2D eigenvalue weighted by molar-refractivity contribution is -0.145. The second-order valence-electron chi connectivity index (χ2n) is 10.3. The minimum Gasteiger partial charge on any atom is -0.497 e. The molecule has 2 aliphatic rings. The van der Waals surface area contributed by atoms with E-state index in [2.05, 4.69) is 20.6 Å². The number of ether oxygens (including phenoxy) is 1. The number of carbonyl (C=O) groups is 2. The van der Waals surface area contributed by atoms with Gasteiger partial charge in [0.15, 0.2) is 5.69 Å². The number of aromatic nitrogens is 2. The number of rotatable bonds is 8. The van der Waals surface area contributed by atoms with Gasteiger partial charge in [-0.25, -0.2) is 14.8 Å². The molecule has 0 saturated heterocycles. The van der Waals surface area contributed by atoms with Crippen LogP contribution in [0.25, 0.3) is 0 Å². The van der Waals surface area contributed by atoms with E-state index in [1.54, 1.807) is 18.1 Å². The van der Waals surface area contributed by atoms with Crippen molar-refractivity contribution in [2.75, 3.05) is 23.9 Å². The number of carboxylic acids is 1. The topological polar surface area (TPSA) is 117 Å². The van der Waals surface area contributed by atoms with E-state index in [1.807, 2.05) is 36.4 Å². The van der Waals surface area contributed by atoms with E-state index in [0.717, 1.165) is 35.2 Å². The molecule has 1 aliphatic carbocycles. The lowest BCUT2D eigenvalue weighted by Crippen LogP contribution is -2.55. The molecule has 0 unspecified atom stereocenters. The van der Waals surface area contributed by atoms with Crippen LogP contribution in [0, 0.1) is 0 Å². The molecule has 12 heteroatoms. The molecule has 3 aromatic rings. The highest BCUT2D eigenvalue weighted by molar-refractivity contribution is 5.98. The Morgan fingerprint density at radius 2 is 1.90 bits per heavy atom. The molecule has 3 N–H and O–H groups in total. The van der Waals surface area contributed by atoms with Crippen molar-refractivity contribution in [3.8, 4) is 5.75 Å². The molecular formula is C29H30F3N5O4. The Balaban J connectivity index is 1.36. The SMILES string of the molecule is COc1cccc(CNc2ccc3c(c2)CCN3c2ncc(C(=O)NC3(C(=O)O)CCCCC3)c(C(F)(F)F)n2)c1. The van der Waals surface area contributed by atoms with Gasteiger partial charge in [-0.3, -0.25) is 4.79 Å². The van der Waals surface area contributed by atoms with E-state index in [9.17, 15) is 27.9 Å². The molecule has 0 spiro atoms. The van der Waals surface area contributed by atoms with Gasteiger partial charge < -0.3 is 25.4 Å². The molecule has 9 nitrogen and oxygen atoms in total. The summed E-state index contributed by atoms with van der Waals surface area (Å²) in [5.74, 6) is -1.84. The van der Waals surface area contributed by atoms with Gasteiger partial charge in [0, 0.05) is 30.7 Å². The summed E-state index contributed by atoms with van der Waals surface area (Å²) in [4.78, 5) is 34.4. The Kier molecular flexibility index (Phi) is 7.74. The number of anilines is 3. The number of carboxylic acid groups (broad SMARTS) is 1. The maximum absolute atomic E-state index is 14.1. The highest BCUT2D eigenvalue weighted by Crippen LogP contribution is 2.37. The van der Waals surface area contributed by atoms with Crippen LogP contribution in [0.1, 0.15) is 59.3 Å². The Hall–Kier alpha value is -4.35. The average molecular weight is 570 g/mol. The van der Waals surface area contributed by atoms with Crippen LogP contribution in [-0.4, -0.2) is 46.1 Å². The van der Waals surface area contributed by atoms with Gasteiger partial charge in [0.25, 0.3) is 5.91 Å². The third-order valence-electron chi connectivity index (χ3n) is 7.61. The van der Waals surface area contributed by atoms with Gasteiger partial charge in [-0.15, -0.1) is 0 Å². The average Bonchev–Trinajstić information content (AvgIpc) is 3.39. The second-order valence-corrected chi connectivity index (χ2v) is 10.3. The third kappa shape index (κ3) is 5.91. The van der Waals surface area contributed by atoms with Crippen LogP contribution in [0.3, 0.4) is 0 Å². The smallest absolute Gasteiger partial charge is 0.434 e. The van der Waals surface area contributed by atoms with E-state index in [-0.39, 0.29) is 18.8 Å². The number of alkyl halides is 3. The van der Waals surface area contributed by atoms with E-state index >= 15 is 0 Å². The summed E-state index contributed by atoms with van der Waals surface area (Å²) in [6.07, 6.45) is -1.34. The summed E-state index contributed by atoms with van der Waals surface area (Å²) < 4.78 is 47.6. The molecule has 0 bridgehead atoms. The molecule has 41 heavy (non-hydrogen) atoms. The third-order valence-corrected chi connectivity index (χ3v) is 7.61. The zero-order valence-corrected chi connectivity index (χ0v) is 22.4. The summed E-state index contributed by atoms with van der Waals surface area (Å²) in [6, 6.07) is 13.2. The number of benzene rings is 2. The van der Waals surface area contributed by atoms with Gasteiger partial charge in [0.05, 0.1) is 12.7 Å². The molecule has 216 valence electrons. The first-order valence-corrected chi connectivity index (χ1v) is 13.4. The number of halogens is 3. The number of aliphatic carboxylic acids is 1. The normalized spacial score (nSPS) is 16.1. The first-order chi connectivity index (χ1) is 19.6. The zero-order chi connectivity index (χ0) is 29.2. The van der Waals surface area contributed by atoms with Crippen molar-refractivity contribution in [2.24, 2.45) is 0 Å². The fourth-order valence-corrected chi connectivity index (χ4v) is 5.42. The predicted octanol–water partition coefficient (Wildman–Crippen LogP) is 5.33. The molecule has 1 aromatic heterocycles. The summed E-state index contributed by atoms with van der Waals surface area (Å²) in [5.41, 5.74) is -0.336. The summed E-state index contributed by atoms with van der Waals surface area (Å²) in [5, 5.41) is 15.4.